The molecule has 126 valence electrons. The first-order chi connectivity index (χ1) is 10.6. The molecule has 0 amide bonds. The monoisotopic (exact) mass is 310 g/mol. The number of hydrogen-bond acceptors (Lipinski definition) is 4. The van der Waals surface area contributed by atoms with Gasteiger partial charge >= 0.3 is 0 Å². The van der Waals surface area contributed by atoms with Gasteiger partial charge in [-0.05, 0) is 19.8 Å². The molecule has 0 aromatic carbocycles. The summed E-state index contributed by atoms with van der Waals surface area (Å²) in [7, 11) is 5.76. The lowest BCUT2D eigenvalue weighted by molar-refractivity contribution is 0.195. The van der Waals surface area contributed by atoms with Gasteiger partial charge < -0.3 is 19.5 Å². The molecule has 0 fully saturated rings. The van der Waals surface area contributed by atoms with Crippen molar-refractivity contribution in [3.05, 3.63) is 11.6 Å². The Bertz CT molecular complexity index is 457. The van der Waals surface area contributed by atoms with Gasteiger partial charge in [0.25, 0.3) is 0 Å². The Morgan fingerprint density at radius 2 is 2.14 bits per heavy atom. The maximum Gasteiger partial charge on any atom is 0.194 e. The first kappa shape index (κ1) is 18.4. The molecule has 0 aliphatic carbocycles. The Labute approximate surface area is 133 Å². The van der Waals surface area contributed by atoms with Crippen molar-refractivity contribution in [2.24, 2.45) is 12.0 Å². The highest BCUT2D eigenvalue weighted by Crippen LogP contribution is 2.01. The number of nitrogens with one attached hydrogen (secondary N) is 1. The molecule has 7 nitrogen and oxygen atoms in total. The summed E-state index contributed by atoms with van der Waals surface area (Å²) in [6.45, 7) is 7.25. The van der Waals surface area contributed by atoms with Crippen molar-refractivity contribution in [3.8, 4) is 0 Å². The average molecular weight is 310 g/mol. The molecule has 0 radical (unpaired) electrons. The molecule has 0 bridgehead atoms. The number of ether oxygens (including phenoxy) is 1. The molecule has 0 saturated carbocycles. The van der Waals surface area contributed by atoms with Crippen LogP contribution in [0.15, 0.2) is 4.99 Å². The topological polar surface area (TPSA) is 67.6 Å². The fraction of sp³-hybridized carbons (Fsp3) is 0.800. The fourth-order valence-corrected chi connectivity index (χ4v) is 1.96. The predicted octanol–water partition coefficient (Wildman–Crippen LogP) is 1.34. The minimum atomic E-state index is 0.528. The van der Waals surface area contributed by atoms with E-state index in [0.29, 0.717) is 6.54 Å². The largest absolute Gasteiger partial charge is 0.385 e. The van der Waals surface area contributed by atoms with Crippen LogP contribution in [0.25, 0.3) is 0 Å². The molecule has 0 aliphatic heterocycles. The average Bonchev–Trinajstić information content (AvgIpc) is 2.83. The zero-order chi connectivity index (χ0) is 16.4. The molecule has 1 heterocycles. The number of aryl methyl sites for hydroxylation is 1. The van der Waals surface area contributed by atoms with Crippen LogP contribution in [-0.4, -0.2) is 59.5 Å². The normalized spacial score (nSPS) is 11.8. The molecule has 0 atom stereocenters. The number of nitrogens with zero attached hydrogens (tertiary/aromatic N) is 5. The van der Waals surface area contributed by atoms with Gasteiger partial charge in [0.1, 0.15) is 12.4 Å². The first-order valence-corrected chi connectivity index (χ1v) is 7.93. The van der Waals surface area contributed by atoms with Crippen LogP contribution < -0.4 is 5.32 Å². The van der Waals surface area contributed by atoms with Crippen LogP contribution in [0.3, 0.4) is 0 Å². The molecule has 0 aliphatic rings. The van der Waals surface area contributed by atoms with Gasteiger partial charge in [0.2, 0.25) is 0 Å². The van der Waals surface area contributed by atoms with Crippen LogP contribution in [0, 0.1) is 6.92 Å². The summed E-state index contributed by atoms with van der Waals surface area (Å²) in [5, 5.41) is 11.6. The van der Waals surface area contributed by atoms with Crippen molar-refractivity contribution in [1.82, 2.24) is 25.0 Å². The smallest absolute Gasteiger partial charge is 0.194 e. The number of unbranched alkanes of at least 4 members (excludes halogenated alkanes) is 1. The highest BCUT2D eigenvalue weighted by Gasteiger charge is 2.08. The van der Waals surface area contributed by atoms with Crippen molar-refractivity contribution in [2.45, 2.75) is 39.7 Å². The molecular weight excluding hydrogens is 280 g/mol. The third kappa shape index (κ3) is 6.01. The van der Waals surface area contributed by atoms with Gasteiger partial charge in [-0.2, -0.15) is 0 Å². The Hall–Kier alpha value is -1.63. The summed E-state index contributed by atoms with van der Waals surface area (Å²) in [5.74, 6) is 2.68. The van der Waals surface area contributed by atoms with E-state index in [1.165, 1.54) is 6.42 Å². The van der Waals surface area contributed by atoms with Crippen LogP contribution in [0.2, 0.25) is 0 Å². The zero-order valence-electron chi connectivity index (χ0n) is 14.6. The van der Waals surface area contributed by atoms with Gasteiger partial charge in [0.05, 0.1) is 0 Å². The number of methoxy groups -OCH3 is 1. The fourth-order valence-electron chi connectivity index (χ4n) is 1.96. The van der Waals surface area contributed by atoms with Crippen LogP contribution in [0.5, 0.6) is 0 Å². The molecule has 1 N–H and O–H groups in total. The maximum absolute atomic E-state index is 5.08. The maximum atomic E-state index is 5.08. The molecule has 7 heteroatoms. The van der Waals surface area contributed by atoms with Crippen molar-refractivity contribution in [1.29, 1.82) is 0 Å². The second kappa shape index (κ2) is 10.2. The van der Waals surface area contributed by atoms with Crippen LogP contribution in [0.1, 0.15) is 37.8 Å². The number of hydrogen-bond donors (Lipinski definition) is 1. The lowest BCUT2D eigenvalue weighted by Gasteiger charge is -2.22. The van der Waals surface area contributed by atoms with Crippen molar-refractivity contribution >= 4 is 5.96 Å². The van der Waals surface area contributed by atoms with Crippen LogP contribution in [0.4, 0.5) is 0 Å². The molecule has 1 aromatic rings. The minimum absolute atomic E-state index is 0.528. The summed E-state index contributed by atoms with van der Waals surface area (Å²) < 4.78 is 7.05. The summed E-state index contributed by atoms with van der Waals surface area (Å²) in [6, 6.07) is 0. The van der Waals surface area contributed by atoms with Gasteiger partial charge in [0.15, 0.2) is 11.8 Å². The van der Waals surface area contributed by atoms with Crippen molar-refractivity contribution < 1.29 is 4.74 Å². The summed E-state index contributed by atoms with van der Waals surface area (Å²) >= 11 is 0. The van der Waals surface area contributed by atoms with E-state index in [1.807, 2.05) is 18.5 Å². The number of aliphatic imine (C=N–C) groups is 1. The lowest BCUT2D eigenvalue weighted by atomic mass is 10.3. The summed E-state index contributed by atoms with van der Waals surface area (Å²) in [5.41, 5.74) is 0. The predicted molar refractivity (Wildman–Crippen MR) is 88.9 cm³/mol. The molecule has 22 heavy (non-hydrogen) atoms. The molecule has 1 rings (SSSR count). The van der Waals surface area contributed by atoms with E-state index in [0.717, 1.165) is 50.1 Å². The van der Waals surface area contributed by atoms with E-state index >= 15 is 0 Å². The quantitative estimate of drug-likeness (QED) is 0.423. The van der Waals surface area contributed by atoms with Crippen molar-refractivity contribution in [3.63, 3.8) is 0 Å². The van der Waals surface area contributed by atoms with Gasteiger partial charge in [-0.15, -0.1) is 10.2 Å². The highest BCUT2D eigenvalue weighted by atomic mass is 16.5. The van der Waals surface area contributed by atoms with E-state index in [1.54, 1.807) is 7.11 Å². The lowest BCUT2D eigenvalue weighted by Crippen LogP contribution is -2.40. The molecule has 0 spiro atoms. The first-order valence-electron chi connectivity index (χ1n) is 7.93. The summed E-state index contributed by atoms with van der Waals surface area (Å²) in [6.07, 6.45) is 3.28. The van der Waals surface area contributed by atoms with E-state index in [-0.39, 0.29) is 0 Å². The second-order valence-corrected chi connectivity index (χ2v) is 5.41. The SMILES string of the molecule is CCCCN(C)C(=NCc1nnc(C)n1C)NCCCOC. The third-order valence-electron chi connectivity index (χ3n) is 3.57. The molecule has 1 aromatic heterocycles. The third-order valence-corrected chi connectivity index (χ3v) is 3.57. The van der Waals surface area contributed by atoms with Crippen molar-refractivity contribution in [2.75, 3.05) is 33.9 Å². The Morgan fingerprint density at radius 3 is 2.73 bits per heavy atom. The van der Waals surface area contributed by atoms with E-state index in [2.05, 4.69) is 39.4 Å². The second-order valence-electron chi connectivity index (χ2n) is 5.41. The highest BCUT2D eigenvalue weighted by molar-refractivity contribution is 5.79. The number of aromatic nitrogens is 3. The van der Waals surface area contributed by atoms with E-state index < -0.39 is 0 Å². The molecule has 0 saturated heterocycles. The van der Waals surface area contributed by atoms with Gasteiger partial charge in [-0.3, -0.25) is 0 Å². The zero-order valence-corrected chi connectivity index (χ0v) is 14.6. The number of guanidine groups is 1. The Morgan fingerprint density at radius 1 is 1.36 bits per heavy atom. The van der Waals surface area contributed by atoms with E-state index in [9.17, 15) is 0 Å². The van der Waals surface area contributed by atoms with Gasteiger partial charge in [-0.1, -0.05) is 13.3 Å². The van der Waals surface area contributed by atoms with Crippen LogP contribution in [-0.2, 0) is 18.3 Å². The van der Waals surface area contributed by atoms with Crippen LogP contribution >= 0.6 is 0 Å². The van der Waals surface area contributed by atoms with Gasteiger partial charge in [-0.25, -0.2) is 4.99 Å². The number of rotatable bonds is 9. The molecule has 0 unspecified atom stereocenters. The van der Waals surface area contributed by atoms with E-state index in [4.69, 9.17) is 4.74 Å². The van der Waals surface area contributed by atoms with Gasteiger partial charge in [0, 0.05) is 40.9 Å². The minimum Gasteiger partial charge on any atom is -0.385 e. The Balaban J connectivity index is 2.65. The standard InChI is InChI=1S/C15H30N6O/c1-6-7-10-20(3)15(16-9-8-11-22-5)17-12-14-19-18-13(2)21(14)4/h6-12H2,1-5H3,(H,16,17). The summed E-state index contributed by atoms with van der Waals surface area (Å²) in [4.78, 5) is 6.85. The molecular formula is C15H30N6O. The Kier molecular flexibility index (Phi) is 8.50.